The third-order valence-electron chi connectivity index (χ3n) is 4.67. The van der Waals surface area contributed by atoms with Crippen molar-refractivity contribution in [2.45, 2.75) is 57.5 Å². The molecule has 4 heteroatoms. The maximum Gasteiger partial charge on any atom is 0.203 e. The lowest BCUT2D eigenvalue weighted by molar-refractivity contribution is 0.226. The van der Waals surface area contributed by atoms with Gasteiger partial charge in [-0.25, -0.2) is 4.98 Å². The average molecular weight is 262 g/mol. The second-order valence-corrected chi connectivity index (χ2v) is 5.97. The number of aromatic nitrogens is 2. The van der Waals surface area contributed by atoms with E-state index in [-0.39, 0.29) is 0 Å². The van der Waals surface area contributed by atoms with Crippen molar-refractivity contribution in [3.63, 3.8) is 0 Å². The molecule has 1 aliphatic carbocycles. The Balaban J connectivity index is 1.64. The van der Waals surface area contributed by atoms with Crippen LogP contribution in [0.5, 0.6) is 0 Å². The van der Waals surface area contributed by atoms with Crippen LogP contribution in [0.2, 0.25) is 0 Å². The summed E-state index contributed by atoms with van der Waals surface area (Å²) in [6, 6.07) is 1.24. The number of nitrogens with zero attached hydrogens (tertiary/aromatic N) is 3. The highest BCUT2D eigenvalue weighted by Crippen LogP contribution is 2.31. The van der Waals surface area contributed by atoms with Gasteiger partial charge in [0.15, 0.2) is 0 Å². The van der Waals surface area contributed by atoms with E-state index in [1.165, 1.54) is 45.1 Å². The number of nitrogens with one attached hydrogen (secondary N) is 1. The standard InChI is InChI=1S/C15H26N4/c1-2-18-10-5-6-13(12-18)17-15-16-9-11-19(15)14-7-3-4-8-14/h9,11,13-14H,2-8,10,12H2,1H3,(H,16,17). The zero-order valence-electron chi connectivity index (χ0n) is 12.0. The number of hydrogen-bond donors (Lipinski definition) is 1. The maximum absolute atomic E-state index is 4.54. The van der Waals surface area contributed by atoms with Crippen molar-refractivity contribution < 1.29 is 0 Å². The number of piperidine rings is 1. The van der Waals surface area contributed by atoms with Gasteiger partial charge >= 0.3 is 0 Å². The van der Waals surface area contributed by atoms with Gasteiger partial charge < -0.3 is 14.8 Å². The van der Waals surface area contributed by atoms with Gasteiger partial charge in [-0.2, -0.15) is 0 Å². The van der Waals surface area contributed by atoms with Crippen LogP contribution in [-0.2, 0) is 0 Å². The monoisotopic (exact) mass is 262 g/mol. The van der Waals surface area contributed by atoms with Crippen LogP contribution in [0.25, 0.3) is 0 Å². The van der Waals surface area contributed by atoms with Crippen LogP contribution in [0, 0.1) is 0 Å². The van der Waals surface area contributed by atoms with E-state index >= 15 is 0 Å². The summed E-state index contributed by atoms with van der Waals surface area (Å²) in [6.07, 6.45) is 12.0. The van der Waals surface area contributed by atoms with Gasteiger partial charge in [0.25, 0.3) is 0 Å². The topological polar surface area (TPSA) is 33.1 Å². The van der Waals surface area contributed by atoms with Crippen molar-refractivity contribution >= 4 is 5.95 Å². The van der Waals surface area contributed by atoms with E-state index in [1.807, 2.05) is 6.20 Å². The smallest absolute Gasteiger partial charge is 0.203 e. The quantitative estimate of drug-likeness (QED) is 0.905. The molecule has 2 aliphatic rings. The van der Waals surface area contributed by atoms with Crippen molar-refractivity contribution in [2.24, 2.45) is 0 Å². The molecule has 106 valence electrons. The SMILES string of the molecule is CCN1CCCC(Nc2nccn2C2CCCC2)C1. The third kappa shape index (κ3) is 2.94. The summed E-state index contributed by atoms with van der Waals surface area (Å²) in [5.41, 5.74) is 0. The van der Waals surface area contributed by atoms with Crippen molar-refractivity contribution in [1.29, 1.82) is 0 Å². The summed E-state index contributed by atoms with van der Waals surface area (Å²) >= 11 is 0. The zero-order valence-corrected chi connectivity index (χ0v) is 12.0. The minimum absolute atomic E-state index is 0.566. The van der Waals surface area contributed by atoms with Crippen LogP contribution in [0.15, 0.2) is 12.4 Å². The molecule has 19 heavy (non-hydrogen) atoms. The predicted molar refractivity (Wildman–Crippen MR) is 78.5 cm³/mol. The van der Waals surface area contributed by atoms with E-state index in [0.29, 0.717) is 12.1 Å². The number of rotatable bonds is 4. The summed E-state index contributed by atoms with van der Waals surface area (Å²) in [6.45, 7) is 5.83. The van der Waals surface area contributed by atoms with Crippen LogP contribution in [0.1, 0.15) is 51.5 Å². The molecule has 2 heterocycles. The van der Waals surface area contributed by atoms with E-state index in [0.717, 1.165) is 19.0 Å². The molecule has 1 saturated heterocycles. The fourth-order valence-corrected chi connectivity index (χ4v) is 3.55. The molecule has 3 rings (SSSR count). The van der Waals surface area contributed by atoms with Gasteiger partial charge in [0.05, 0.1) is 0 Å². The van der Waals surface area contributed by atoms with E-state index in [4.69, 9.17) is 0 Å². The van der Waals surface area contributed by atoms with Crippen molar-refractivity contribution in [3.8, 4) is 0 Å². The Morgan fingerprint density at radius 2 is 2.11 bits per heavy atom. The Hall–Kier alpha value is -1.03. The molecule has 1 atom stereocenters. The zero-order chi connectivity index (χ0) is 13.1. The summed E-state index contributed by atoms with van der Waals surface area (Å²) < 4.78 is 2.37. The number of imidazole rings is 1. The van der Waals surface area contributed by atoms with Crippen LogP contribution in [0.4, 0.5) is 5.95 Å². The lowest BCUT2D eigenvalue weighted by Gasteiger charge is -2.32. The molecular formula is C15H26N4. The summed E-state index contributed by atoms with van der Waals surface area (Å²) in [5.74, 6) is 1.09. The van der Waals surface area contributed by atoms with Gasteiger partial charge in [-0.3, -0.25) is 0 Å². The molecule has 1 aromatic heterocycles. The first kappa shape index (κ1) is 13.0. The van der Waals surface area contributed by atoms with E-state index < -0.39 is 0 Å². The third-order valence-corrected chi connectivity index (χ3v) is 4.67. The molecule has 1 aliphatic heterocycles. The summed E-state index contributed by atoms with van der Waals surface area (Å²) in [5, 5.41) is 3.68. The lowest BCUT2D eigenvalue weighted by Crippen LogP contribution is -2.42. The molecule has 1 unspecified atom stereocenters. The van der Waals surface area contributed by atoms with Gasteiger partial charge in [0, 0.05) is 31.0 Å². The average Bonchev–Trinajstić information content (AvgIpc) is 3.09. The van der Waals surface area contributed by atoms with Gasteiger partial charge in [0.2, 0.25) is 5.95 Å². The Morgan fingerprint density at radius 3 is 2.89 bits per heavy atom. The van der Waals surface area contributed by atoms with Crippen LogP contribution >= 0.6 is 0 Å². The number of anilines is 1. The predicted octanol–water partition coefficient (Wildman–Crippen LogP) is 2.89. The Bertz CT molecular complexity index is 395. The molecule has 0 aromatic carbocycles. The van der Waals surface area contributed by atoms with E-state index in [2.05, 4.69) is 32.9 Å². The van der Waals surface area contributed by atoms with Crippen molar-refractivity contribution in [2.75, 3.05) is 25.0 Å². The Kier molecular flexibility index (Phi) is 4.06. The minimum Gasteiger partial charge on any atom is -0.352 e. The normalized spacial score (nSPS) is 25.8. The number of likely N-dealkylation sites (tertiary alicyclic amines) is 1. The van der Waals surface area contributed by atoms with E-state index in [1.54, 1.807) is 0 Å². The molecular weight excluding hydrogens is 236 g/mol. The number of hydrogen-bond acceptors (Lipinski definition) is 3. The Morgan fingerprint density at radius 1 is 1.26 bits per heavy atom. The second kappa shape index (κ2) is 5.95. The second-order valence-electron chi connectivity index (χ2n) is 5.97. The fourth-order valence-electron chi connectivity index (χ4n) is 3.55. The molecule has 1 N–H and O–H groups in total. The van der Waals surface area contributed by atoms with Crippen molar-refractivity contribution in [1.82, 2.24) is 14.5 Å². The fraction of sp³-hybridized carbons (Fsp3) is 0.800. The number of likely N-dealkylation sites (N-methyl/N-ethyl adjacent to an activating group) is 1. The lowest BCUT2D eigenvalue weighted by atomic mass is 10.1. The van der Waals surface area contributed by atoms with Crippen LogP contribution < -0.4 is 5.32 Å². The van der Waals surface area contributed by atoms with E-state index in [9.17, 15) is 0 Å². The summed E-state index contributed by atoms with van der Waals surface area (Å²) in [4.78, 5) is 7.07. The first-order valence-corrected chi connectivity index (χ1v) is 7.88. The van der Waals surface area contributed by atoms with Crippen LogP contribution in [-0.4, -0.2) is 40.1 Å². The molecule has 0 radical (unpaired) electrons. The first-order chi connectivity index (χ1) is 9.36. The highest BCUT2D eigenvalue weighted by molar-refractivity contribution is 5.29. The molecule has 1 aromatic rings. The minimum atomic E-state index is 0.566. The van der Waals surface area contributed by atoms with Gasteiger partial charge in [-0.1, -0.05) is 19.8 Å². The molecule has 1 saturated carbocycles. The summed E-state index contributed by atoms with van der Waals surface area (Å²) in [7, 11) is 0. The molecule has 0 bridgehead atoms. The van der Waals surface area contributed by atoms with Gasteiger partial charge in [0.1, 0.15) is 0 Å². The molecule has 2 fully saturated rings. The molecule has 0 amide bonds. The maximum atomic E-state index is 4.54. The highest BCUT2D eigenvalue weighted by atomic mass is 15.2. The van der Waals surface area contributed by atoms with Crippen molar-refractivity contribution in [3.05, 3.63) is 12.4 Å². The highest BCUT2D eigenvalue weighted by Gasteiger charge is 2.23. The van der Waals surface area contributed by atoms with Gasteiger partial charge in [-0.15, -0.1) is 0 Å². The first-order valence-electron chi connectivity index (χ1n) is 7.88. The largest absolute Gasteiger partial charge is 0.352 e. The van der Waals surface area contributed by atoms with Crippen LogP contribution in [0.3, 0.4) is 0 Å². The Labute approximate surface area is 116 Å². The molecule has 0 spiro atoms. The van der Waals surface area contributed by atoms with Gasteiger partial charge in [-0.05, 0) is 38.8 Å². The molecule has 4 nitrogen and oxygen atoms in total.